The molecule has 0 aromatic heterocycles. The van der Waals surface area contributed by atoms with Gasteiger partial charge in [0.15, 0.2) is 0 Å². The minimum Gasteiger partial charge on any atom is -0.348 e. The van der Waals surface area contributed by atoms with Crippen molar-refractivity contribution in [1.82, 2.24) is 5.32 Å². The Balaban J connectivity index is 2.20. The average molecular weight is 223 g/mol. The Kier molecular flexibility index (Phi) is 2.22. The largest absolute Gasteiger partial charge is 0.348 e. The summed E-state index contributed by atoms with van der Waals surface area (Å²) in [6.07, 6.45) is 0. The van der Waals surface area contributed by atoms with Crippen LogP contribution in [0.2, 0.25) is 0 Å². The Bertz CT molecular complexity index is 602. The Morgan fingerprint density at radius 3 is 2.65 bits per heavy atom. The number of hydrogen-bond acceptors (Lipinski definition) is 1. The topological polar surface area (TPSA) is 29.1 Å². The molecule has 2 heteroatoms. The lowest BCUT2D eigenvalue weighted by atomic mass is 9.96. The Labute approximate surface area is 100 Å². The van der Waals surface area contributed by atoms with Gasteiger partial charge in [-0.15, -0.1) is 0 Å². The molecule has 0 aliphatic carbocycles. The first-order valence-electron chi connectivity index (χ1n) is 5.73. The van der Waals surface area contributed by atoms with E-state index in [0.29, 0.717) is 6.54 Å². The number of fused-ring (bicyclic) bond motifs is 1. The number of nitrogens with one attached hydrogen (secondary N) is 1. The van der Waals surface area contributed by atoms with Crippen LogP contribution in [-0.4, -0.2) is 5.91 Å². The molecule has 0 spiro atoms. The number of carbonyl (C=O) groups excluding carboxylic acids is 1. The second-order valence-corrected chi connectivity index (χ2v) is 4.38. The molecule has 1 aliphatic rings. The summed E-state index contributed by atoms with van der Waals surface area (Å²) in [5.74, 6) is 0.0366. The second-order valence-electron chi connectivity index (χ2n) is 4.38. The zero-order valence-corrected chi connectivity index (χ0v) is 9.66. The third kappa shape index (κ3) is 1.62. The first-order chi connectivity index (χ1) is 8.25. The van der Waals surface area contributed by atoms with Crippen LogP contribution in [-0.2, 0) is 6.54 Å². The number of rotatable bonds is 1. The number of amides is 1. The molecule has 1 heterocycles. The maximum absolute atomic E-state index is 11.6. The third-order valence-electron chi connectivity index (χ3n) is 3.18. The predicted octanol–water partition coefficient (Wildman–Crippen LogP) is 2.91. The minimum atomic E-state index is 0.0366. The highest BCUT2D eigenvalue weighted by atomic mass is 16.1. The molecule has 1 amide bonds. The fourth-order valence-electron chi connectivity index (χ4n) is 2.34. The van der Waals surface area contributed by atoms with Crippen LogP contribution < -0.4 is 5.32 Å². The maximum Gasteiger partial charge on any atom is 0.251 e. The van der Waals surface area contributed by atoms with Crippen LogP contribution >= 0.6 is 0 Å². The summed E-state index contributed by atoms with van der Waals surface area (Å²) in [6, 6.07) is 14.3. The highest BCUT2D eigenvalue weighted by molar-refractivity contribution is 6.00. The van der Waals surface area contributed by atoms with E-state index in [1.54, 1.807) is 0 Å². The smallest absolute Gasteiger partial charge is 0.251 e. The zero-order chi connectivity index (χ0) is 11.8. The van der Waals surface area contributed by atoms with E-state index >= 15 is 0 Å². The van der Waals surface area contributed by atoms with Crippen LogP contribution in [0.25, 0.3) is 11.1 Å². The molecule has 0 saturated carbocycles. The van der Waals surface area contributed by atoms with Gasteiger partial charge in [-0.3, -0.25) is 4.79 Å². The lowest BCUT2D eigenvalue weighted by Crippen LogP contribution is -2.12. The third-order valence-corrected chi connectivity index (χ3v) is 3.18. The Hall–Kier alpha value is -2.09. The molecular formula is C15H13NO. The van der Waals surface area contributed by atoms with Crippen molar-refractivity contribution in [2.24, 2.45) is 0 Å². The summed E-state index contributed by atoms with van der Waals surface area (Å²) in [5, 5.41) is 2.87. The van der Waals surface area contributed by atoms with Gasteiger partial charge in [-0.05, 0) is 29.7 Å². The van der Waals surface area contributed by atoms with Crippen molar-refractivity contribution in [3.63, 3.8) is 0 Å². The van der Waals surface area contributed by atoms with E-state index in [1.165, 1.54) is 11.1 Å². The van der Waals surface area contributed by atoms with Crippen LogP contribution in [0.4, 0.5) is 0 Å². The van der Waals surface area contributed by atoms with Crippen molar-refractivity contribution in [2.75, 3.05) is 0 Å². The van der Waals surface area contributed by atoms with Crippen molar-refractivity contribution in [1.29, 1.82) is 0 Å². The van der Waals surface area contributed by atoms with Crippen molar-refractivity contribution >= 4 is 5.91 Å². The Morgan fingerprint density at radius 2 is 1.82 bits per heavy atom. The van der Waals surface area contributed by atoms with Gasteiger partial charge in [0.25, 0.3) is 5.91 Å². The maximum atomic E-state index is 11.6. The van der Waals surface area contributed by atoms with Crippen LogP contribution in [0.5, 0.6) is 0 Å². The summed E-state index contributed by atoms with van der Waals surface area (Å²) in [5.41, 5.74) is 5.49. The standard InChI is InChI=1S/C15H13NO/c1-10-4-2-5-11(8-10)12-6-3-7-13-14(12)9-16-15(13)17/h2-8H,9H2,1H3,(H,16,17). The minimum absolute atomic E-state index is 0.0366. The number of benzene rings is 2. The van der Waals surface area contributed by atoms with Gasteiger partial charge in [-0.2, -0.15) is 0 Å². The van der Waals surface area contributed by atoms with Crippen molar-refractivity contribution in [3.05, 3.63) is 59.2 Å². The average Bonchev–Trinajstić information content (AvgIpc) is 2.71. The SMILES string of the molecule is Cc1cccc(-c2cccc3c2CNC3=O)c1. The molecule has 2 nitrogen and oxygen atoms in total. The summed E-state index contributed by atoms with van der Waals surface area (Å²) in [6.45, 7) is 2.72. The van der Waals surface area contributed by atoms with Crippen LogP contribution in [0.15, 0.2) is 42.5 Å². The number of hydrogen-bond donors (Lipinski definition) is 1. The summed E-state index contributed by atoms with van der Waals surface area (Å²) >= 11 is 0. The van der Waals surface area contributed by atoms with Crippen molar-refractivity contribution in [2.45, 2.75) is 13.5 Å². The van der Waals surface area contributed by atoms with E-state index in [1.807, 2.05) is 18.2 Å². The molecule has 0 fully saturated rings. The first-order valence-corrected chi connectivity index (χ1v) is 5.73. The highest BCUT2D eigenvalue weighted by Crippen LogP contribution is 2.29. The molecule has 17 heavy (non-hydrogen) atoms. The monoisotopic (exact) mass is 223 g/mol. The van der Waals surface area contributed by atoms with Crippen molar-refractivity contribution < 1.29 is 4.79 Å². The molecule has 0 atom stereocenters. The molecule has 0 unspecified atom stereocenters. The van der Waals surface area contributed by atoms with Gasteiger partial charge >= 0.3 is 0 Å². The van der Waals surface area contributed by atoms with Gasteiger partial charge in [0.2, 0.25) is 0 Å². The summed E-state index contributed by atoms with van der Waals surface area (Å²) in [7, 11) is 0. The lowest BCUT2D eigenvalue weighted by molar-refractivity contribution is 0.0966. The van der Waals surface area contributed by atoms with Gasteiger partial charge in [0, 0.05) is 12.1 Å². The van der Waals surface area contributed by atoms with Gasteiger partial charge in [-0.1, -0.05) is 42.0 Å². The van der Waals surface area contributed by atoms with Gasteiger partial charge in [-0.25, -0.2) is 0 Å². The van der Waals surface area contributed by atoms with Gasteiger partial charge in [0.1, 0.15) is 0 Å². The fraction of sp³-hybridized carbons (Fsp3) is 0.133. The molecule has 0 bridgehead atoms. The van der Waals surface area contributed by atoms with Crippen LogP contribution in [0.1, 0.15) is 21.5 Å². The van der Waals surface area contributed by atoms with E-state index < -0.39 is 0 Å². The number of aryl methyl sites for hydroxylation is 1. The van der Waals surface area contributed by atoms with E-state index in [-0.39, 0.29) is 5.91 Å². The highest BCUT2D eigenvalue weighted by Gasteiger charge is 2.21. The van der Waals surface area contributed by atoms with E-state index in [9.17, 15) is 4.79 Å². The molecular weight excluding hydrogens is 210 g/mol. The molecule has 84 valence electrons. The van der Waals surface area contributed by atoms with E-state index in [4.69, 9.17) is 0 Å². The lowest BCUT2D eigenvalue weighted by Gasteiger charge is -2.07. The number of carbonyl (C=O) groups is 1. The molecule has 3 rings (SSSR count). The molecule has 1 N–H and O–H groups in total. The van der Waals surface area contributed by atoms with Gasteiger partial charge < -0.3 is 5.32 Å². The molecule has 1 aliphatic heterocycles. The van der Waals surface area contributed by atoms with Crippen LogP contribution in [0.3, 0.4) is 0 Å². The quantitative estimate of drug-likeness (QED) is 0.791. The molecule has 0 radical (unpaired) electrons. The van der Waals surface area contributed by atoms with E-state index in [0.717, 1.165) is 16.7 Å². The summed E-state index contributed by atoms with van der Waals surface area (Å²) < 4.78 is 0. The fourth-order valence-corrected chi connectivity index (χ4v) is 2.34. The zero-order valence-electron chi connectivity index (χ0n) is 9.66. The predicted molar refractivity (Wildman–Crippen MR) is 67.8 cm³/mol. The van der Waals surface area contributed by atoms with Crippen LogP contribution in [0, 0.1) is 6.92 Å². The van der Waals surface area contributed by atoms with E-state index in [2.05, 4.69) is 36.5 Å². The second kappa shape index (κ2) is 3.74. The first kappa shape index (κ1) is 10.1. The van der Waals surface area contributed by atoms with Gasteiger partial charge in [0.05, 0.1) is 0 Å². The molecule has 2 aromatic rings. The Morgan fingerprint density at radius 1 is 1.06 bits per heavy atom. The summed E-state index contributed by atoms with van der Waals surface area (Å²) in [4.78, 5) is 11.6. The normalized spacial score (nSPS) is 13.4. The molecule has 0 saturated heterocycles. The molecule has 2 aromatic carbocycles. The van der Waals surface area contributed by atoms with Crippen molar-refractivity contribution in [3.8, 4) is 11.1 Å².